The highest BCUT2D eigenvalue weighted by molar-refractivity contribution is 5.92. The molecule has 1 aliphatic carbocycles. The maximum absolute atomic E-state index is 12.2. The minimum absolute atomic E-state index is 0.0639. The molecule has 1 saturated heterocycles. The van der Waals surface area contributed by atoms with Gasteiger partial charge in [-0.3, -0.25) is 4.79 Å². The first-order chi connectivity index (χ1) is 13.8. The van der Waals surface area contributed by atoms with E-state index in [4.69, 9.17) is 9.47 Å². The molecule has 0 aromatic carbocycles. The normalized spacial score (nSPS) is 37.2. The molecule has 0 spiro atoms. The van der Waals surface area contributed by atoms with Gasteiger partial charge in [0.05, 0.1) is 6.61 Å². The largest absolute Gasteiger partial charge is 0.430 e. The lowest BCUT2D eigenvalue weighted by Gasteiger charge is -2.44. The lowest BCUT2D eigenvalue weighted by atomic mass is 9.64. The second-order valence-corrected chi connectivity index (χ2v) is 8.48. The highest BCUT2D eigenvalue weighted by Gasteiger charge is 2.47. The second kappa shape index (κ2) is 9.09. The number of ether oxygens (including phenoxy) is 2. The van der Waals surface area contributed by atoms with Crippen molar-refractivity contribution in [1.82, 2.24) is 0 Å². The first kappa shape index (κ1) is 24.4. The summed E-state index contributed by atoms with van der Waals surface area (Å²) < 4.78 is 10.1. The van der Waals surface area contributed by atoms with Crippen molar-refractivity contribution in [3.05, 3.63) is 35.5 Å². The van der Waals surface area contributed by atoms with Gasteiger partial charge in [-0.05, 0) is 37.1 Å². The van der Waals surface area contributed by atoms with E-state index < -0.39 is 54.3 Å². The zero-order chi connectivity index (χ0) is 22.9. The number of ketones is 1. The van der Waals surface area contributed by atoms with Crippen molar-refractivity contribution in [2.75, 3.05) is 6.61 Å². The molecule has 0 aromatic rings. The Morgan fingerprint density at radius 3 is 2.47 bits per heavy atom. The molecular weight excluding hydrogens is 396 g/mol. The van der Waals surface area contributed by atoms with Gasteiger partial charge in [0.25, 0.3) is 0 Å². The molecule has 9 nitrogen and oxygen atoms in total. The van der Waals surface area contributed by atoms with Crippen LogP contribution in [0, 0.1) is 5.41 Å². The molecule has 0 bridgehead atoms. The molecule has 2 rings (SSSR count). The Morgan fingerprint density at radius 1 is 1.27 bits per heavy atom. The predicted molar refractivity (Wildman–Crippen MR) is 105 cm³/mol. The molecule has 2 unspecified atom stereocenters. The topological polar surface area (TPSA) is 154 Å². The molecule has 6 atom stereocenters. The van der Waals surface area contributed by atoms with E-state index in [2.05, 4.69) is 0 Å². The fourth-order valence-corrected chi connectivity index (χ4v) is 3.66. The Kier molecular flexibility index (Phi) is 7.39. The average molecular weight is 426 g/mol. The second-order valence-electron chi connectivity index (χ2n) is 8.48. The van der Waals surface area contributed by atoms with Crippen molar-refractivity contribution in [1.29, 1.82) is 0 Å². The minimum atomic E-state index is -1.69. The Balaban J connectivity index is 2.11. The van der Waals surface area contributed by atoms with Crippen molar-refractivity contribution in [3.63, 3.8) is 0 Å². The zero-order valence-electron chi connectivity index (χ0n) is 17.5. The Labute approximate surface area is 174 Å². The van der Waals surface area contributed by atoms with Crippen molar-refractivity contribution >= 4 is 11.8 Å². The third-order valence-electron chi connectivity index (χ3n) is 5.64. The number of aliphatic hydroxyl groups is 5. The van der Waals surface area contributed by atoms with Gasteiger partial charge < -0.3 is 35.0 Å². The molecule has 0 saturated carbocycles. The van der Waals surface area contributed by atoms with E-state index in [1.807, 2.05) is 0 Å². The predicted octanol–water partition coefficient (Wildman–Crippen LogP) is -0.492. The first-order valence-corrected chi connectivity index (χ1v) is 9.65. The van der Waals surface area contributed by atoms with E-state index in [1.54, 1.807) is 27.7 Å². The standard InChI is InChI=1S/C21H30O9/c1-11(5-6-21(28)12(2)8-13(23)9-20(21,3)4)7-15(24)30-19-18(27)17(26)16(25)14(10-22)29-19/h5-8,14,16-19,22,25-28H,9-10H2,1-4H3/t14-,16-,17+,18-,19?,21?/m1/s1. The van der Waals surface area contributed by atoms with E-state index >= 15 is 0 Å². The smallest absolute Gasteiger partial charge is 0.333 e. The molecule has 1 heterocycles. The van der Waals surface area contributed by atoms with Gasteiger partial charge in [0.2, 0.25) is 6.29 Å². The summed E-state index contributed by atoms with van der Waals surface area (Å²) in [5.74, 6) is -0.954. The highest BCUT2D eigenvalue weighted by atomic mass is 16.7. The molecule has 5 N–H and O–H groups in total. The minimum Gasteiger partial charge on any atom is -0.430 e. The SMILES string of the molecule is CC(C=CC1(O)C(C)=CC(=O)CC1(C)C)=CC(=O)OC1O[C@H](CO)[C@@H](O)[C@H](O)[C@H]1O. The van der Waals surface area contributed by atoms with Crippen molar-refractivity contribution in [3.8, 4) is 0 Å². The van der Waals surface area contributed by atoms with Crippen LogP contribution < -0.4 is 0 Å². The molecule has 168 valence electrons. The van der Waals surface area contributed by atoms with Crippen LogP contribution in [0.4, 0.5) is 0 Å². The molecule has 9 heteroatoms. The molecule has 1 fully saturated rings. The fourth-order valence-electron chi connectivity index (χ4n) is 3.66. The van der Waals surface area contributed by atoms with Gasteiger partial charge in [-0.1, -0.05) is 19.9 Å². The van der Waals surface area contributed by atoms with E-state index in [0.29, 0.717) is 11.1 Å². The summed E-state index contributed by atoms with van der Waals surface area (Å²) in [4.78, 5) is 24.0. The number of allylic oxidation sites excluding steroid dienone is 3. The zero-order valence-corrected chi connectivity index (χ0v) is 17.5. The van der Waals surface area contributed by atoms with E-state index in [0.717, 1.165) is 6.08 Å². The third kappa shape index (κ3) is 4.88. The van der Waals surface area contributed by atoms with Crippen LogP contribution in [0.2, 0.25) is 0 Å². The van der Waals surface area contributed by atoms with Gasteiger partial charge >= 0.3 is 5.97 Å². The van der Waals surface area contributed by atoms with Crippen molar-refractivity contribution in [2.45, 2.75) is 70.4 Å². The van der Waals surface area contributed by atoms with Gasteiger partial charge in [-0.15, -0.1) is 0 Å². The molecule has 0 amide bonds. The summed E-state index contributed by atoms with van der Waals surface area (Å²) in [6.45, 7) is 6.17. The van der Waals surface area contributed by atoms with Gasteiger partial charge in [0.1, 0.15) is 30.0 Å². The average Bonchev–Trinajstić information content (AvgIpc) is 2.64. The van der Waals surface area contributed by atoms with Gasteiger partial charge in [0.15, 0.2) is 5.78 Å². The van der Waals surface area contributed by atoms with Crippen molar-refractivity contribution in [2.24, 2.45) is 5.41 Å². The van der Waals surface area contributed by atoms with Gasteiger partial charge in [-0.25, -0.2) is 4.79 Å². The number of hydrogen-bond acceptors (Lipinski definition) is 9. The summed E-state index contributed by atoms with van der Waals surface area (Å²) in [5.41, 5.74) is -1.21. The molecule has 0 radical (unpaired) electrons. The van der Waals surface area contributed by atoms with Crippen LogP contribution >= 0.6 is 0 Å². The Bertz CT molecular complexity index is 764. The number of rotatable bonds is 5. The Morgan fingerprint density at radius 2 is 1.90 bits per heavy atom. The van der Waals surface area contributed by atoms with E-state index in [9.17, 15) is 35.1 Å². The van der Waals surface area contributed by atoms with Crippen LogP contribution in [0.25, 0.3) is 0 Å². The molecular formula is C21H30O9. The summed E-state index contributed by atoms with van der Waals surface area (Å²) in [6, 6.07) is 0. The van der Waals surface area contributed by atoms with Crippen LogP contribution in [0.15, 0.2) is 35.5 Å². The van der Waals surface area contributed by atoms with Crippen LogP contribution in [0.1, 0.15) is 34.1 Å². The lowest BCUT2D eigenvalue weighted by Crippen LogP contribution is -2.59. The molecule has 0 aromatic heterocycles. The van der Waals surface area contributed by atoms with Crippen LogP contribution in [-0.2, 0) is 19.1 Å². The number of esters is 1. The van der Waals surface area contributed by atoms with Gasteiger partial charge in [0, 0.05) is 17.9 Å². The highest BCUT2D eigenvalue weighted by Crippen LogP contribution is 2.44. The van der Waals surface area contributed by atoms with Crippen LogP contribution in [0.3, 0.4) is 0 Å². The van der Waals surface area contributed by atoms with Crippen LogP contribution in [-0.4, -0.2) is 80.2 Å². The summed E-state index contributed by atoms with van der Waals surface area (Å²) in [6.07, 6.45) is -1.95. The summed E-state index contributed by atoms with van der Waals surface area (Å²) in [5, 5.41) is 49.7. The maximum atomic E-state index is 12.2. The third-order valence-corrected chi connectivity index (χ3v) is 5.64. The number of carbonyl (C=O) groups excluding carboxylic acids is 2. The maximum Gasteiger partial charge on any atom is 0.333 e. The quantitative estimate of drug-likeness (QED) is 0.222. The fraction of sp³-hybridized carbons (Fsp3) is 0.619. The van der Waals surface area contributed by atoms with Crippen molar-refractivity contribution < 1.29 is 44.6 Å². The number of carbonyl (C=O) groups is 2. The van der Waals surface area contributed by atoms with Crippen LogP contribution in [0.5, 0.6) is 0 Å². The molecule has 30 heavy (non-hydrogen) atoms. The monoisotopic (exact) mass is 426 g/mol. The van der Waals surface area contributed by atoms with E-state index in [1.165, 1.54) is 18.2 Å². The Hall–Kier alpha value is -1.88. The first-order valence-electron chi connectivity index (χ1n) is 9.65. The van der Waals surface area contributed by atoms with Gasteiger partial charge in [-0.2, -0.15) is 0 Å². The molecule has 2 aliphatic rings. The lowest BCUT2D eigenvalue weighted by molar-refractivity contribution is -0.291. The van der Waals surface area contributed by atoms with E-state index in [-0.39, 0.29) is 12.2 Å². The summed E-state index contributed by atoms with van der Waals surface area (Å²) in [7, 11) is 0. The number of aliphatic hydroxyl groups excluding tert-OH is 4. The molecule has 1 aliphatic heterocycles. The summed E-state index contributed by atoms with van der Waals surface area (Å²) >= 11 is 0. The number of hydrogen-bond donors (Lipinski definition) is 5.